The summed E-state index contributed by atoms with van der Waals surface area (Å²) in [5.74, 6) is 0. The van der Waals surface area contributed by atoms with Crippen LogP contribution in [0.1, 0.15) is 0 Å². The predicted molar refractivity (Wildman–Crippen MR) is 15.6 cm³/mol. The normalized spacial score (nSPS) is 4.00. The van der Waals surface area contributed by atoms with Crippen LogP contribution in [0.2, 0.25) is 0 Å². The molecule has 0 saturated carbocycles. The molecule has 5 heteroatoms. The Balaban J connectivity index is 3.31. The van der Waals surface area contributed by atoms with E-state index in [1.165, 1.54) is 0 Å². The molecule has 0 heterocycles. The summed E-state index contributed by atoms with van der Waals surface area (Å²) in [6, 6.07) is 0. The van der Waals surface area contributed by atoms with Gasteiger partial charge < -0.3 is 0 Å². The van der Waals surface area contributed by atoms with E-state index in [-0.39, 0.29) is 0 Å². The van der Waals surface area contributed by atoms with Gasteiger partial charge in [0.05, 0.1) is 0 Å². The number of rotatable bonds is 1. The first-order valence-electron chi connectivity index (χ1n) is 0.894. The molecule has 0 N–H and O–H groups in total. The molecular weight excluding hydrogens is 85.0 g/mol. The van der Waals surface area contributed by atoms with Crippen LogP contribution in [0.3, 0.4) is 0 Å². The van der Waals surface area contributed by atoms with Crippen molar-refractivity contribution >= 4 is 15.4 Å². The minimum atomic E-state index is -1.26. The maximum atomic E-state index is 9.19. The fourth-order valence-electron chi connectivity index (χ4n) is 0.0211. The summed E-state index contributed by atoms with van der Waals surface area (Å²) in [6.07, 6.45) is 0. The van der Waals surface area contributed by atoms with Crippen molar-refractivity contribution < 1.29 is 3.80 Å². The van der Waals surface area contributed by atoms with Crippen LogP contribution in [0.25, 0.3) is 10.4 Å². The van der Waals surface area contributed by atoms with Crippen molar-refractivity contribution in [3.05, 3.63) is 10.4 Å². The van der Waals surface area contributed by atoms with Crippen LogP contribution in [0.4, 0.5) is 0 Å². The average Bonchev–Trinajstić information content (AvgIpc) is 1.41. The monoisotopic (exact) mass is 85.0 g/mol. The zero-order valence-electron chi connectivity index (χ0n) is 2.33. The van der Waals surface area contributed by atoms with Crippen LogP contribution in [-0.4, -0.2) is 15.4 Å². The van der Waals surface area contributed by atoms with Gasteiger partial charge in [0.25, 0.3) is 0 Å². The van der Waals surface area contributed by atoms with Gasteiger partial charge in [-0.15, -0.1) is 0 Å². The summed E-state index contributed by atoms with van der Waals surface area (Å²) in [7, 11) is 0. The molecule has 0 saturated heterocycles. The Hall–Kier alpha value is -0.358. The van der Waals surface area contributed by atoms with E-state index >= 15 is 0 Å². The van der Waals surface area contributed by atoms with Crippen molar-refractivity contribution in [2.75, 3.05) is 0 Å². The molecular formula is AlN3O. The van der Waals surface area contributed by atoms with E-state index in [0.29, 0.717) is 0 Å². The molecule has 0 aliphatic rings. The topological polar surface area (TPSA) is 65.8 Å². The minimum absolute atomic E-state index is 1.26. The van der Waals surface area contributed by atoms with Gasteiger partial charge in [-0.05, 0) is 0 Å². The van der Waals surface area contributed by atoms with Gasteiger partial charge in [0, 0.05) is 0 Å². The fraction of sp³-hybridized carbons (Fsp3) is 0. The first kappa shape index (κ1) is 4.64. The van der Waals surface area contributed by atoms with Gasteiger partial charge in [0.2, 0.25) is 0 Å². The Morgan fingerprint density at radius 3 is 2.60 bits per heavy atom. The number of hydrogen-bond acceptors (Lipinski definition) is 1. The molecule has 4 nitrogen and oxygen atoms in total. The van der Waals surface area contributed by atoms with E-state index in [1.807, 2.05) is 0 Å². The molecule has 0 radical (unpaired) electrons. The molecule has 0 atom stereocenters. The number of hydrogen-bond donors (Lipinski definition) is 0. The molecule has 0 bridgehead atoms. The zero-order valence-corrected chi connectivity index (χ0v) is 3.48. The molecule has 24 valence electrons. The predicted octanol–water partition coefficient (Wildman–Crippen LogP) is 0.261. The van der Waals surface area contributed by atoms with Crippen LogP contribution in [0.5, 0.6) is 0 Å². The van der Waals surface area contributed by atoms with Gasteiger partial charge >= 0.3 is 33.7 Å². The van der Waals surface area contributed by atoms with Crippen LogP contribution in [-0.2, 0) is 3.80 Å². The molecule has 5 heavy (non-hydrogen) atoms. The van der Waals surface area contributed by atoms with Gasteiger partial charge in [-0.3, -0.25) is 0 Å². The summed E-state index contributed by atoms with van der Waals surface area (Å²) >= 11 is -1.26. The Labute approximate surface area is 34.6 Å². The Morgan fingerprint density at radius 2 is 2.60 bits per heavy atom. The van der Waals surface area contributed by atoms with Crippen LogP contribution in [0.15, 0.2) is 4.10 Å². The SMILES string of the molecule is [N-]=[N+]=[N][Al]=[O]. The molecule has 0 aromatic carbocycles. The van der Waals surface area contributed by atoms with Crippen LogP contribution in [0, 0.1) is 0 Å². The Kier molecular flexibility index (Phi) is 3.38. The molecule has 0 spiro atoms. The Bertz CT molecular complexity index is 71.0. The fourth-order valence-corrected chi connectivity index (χ4v) is 0.0632. The first-order valence-corrected chi connectivity index (χ1v) is 1.88. The summed E-state index contributed by atoms with van der Waals surface area (Å²) in [4.78, 5) is 2.20. The van der Waals surface area contributed by atoms with Gasteiger partial charge in [0.15, 0.2) is 0 Å². The molecule has 0 unspecified atom stereocenters. The van der Waals surface area contributed by atoms with Crippen molar-refractivity contribution in [1.29, 1.82) is 0 Å². The molecule has 0 aliphatic carbocycles. The Morgan fingerprint density at radius 1 is 2.00 bits per heavy atom. The molecule has 0 aromatic rings. The van der Waals surface area contributed by atoms with Crippen molar-refractivity contribution in [2.24, 2.45) is 4.10 Å². The van der Waals surface area contributed by atoms with Crippen molar-refractivity contribution in [3.63, 3.8) is 0 Å². The third-order valence-electron chi connectivity index (χ3n) is 0.0988. The third kappa shape index (κ3) is 3.64. The van der Waals surface area contributed by atoms with E-state index in [0.717, 1.165) is 0 Å². The van der Waals surface area contributed by atoms with E-state index in [1.54, 1.807) is 0 Å². The standard InChI is InChI=1S/Al.N3.O/c;1-3-2;/q+1;-1;. The van der Waals surface area contributed by atoms with Gasteiger partial charge in [0.1, 0.15) is 0 Å². The molecule has 0 fully saturated rings. The average molecular weight is 85.0 g/mol. The zero-order chi connectivity index (χ0) is 4.12. The summed E-state index contributed by atoms with van der Waals surface area (Å²) in [5.41, 5.74) is 7.35. The molecule has 0 rings (SSSR count). The molecule has 0 amide bonds. The number of azide groups is 1. The molecule has 0 aromatic heterocycles. The summed E-state index contributed by atoms with van der Waals surface area (Å²) < 4.78 is 11.9. The van der Waals surface area contributed by atoms with E-state index in [4.69, 9.17) is 5.53 Å². The second-order valence-corrected chi connectivity index (χ2v) is 0.752. The van der Waals surface area contributed by atoms with Gasteiger partial charge in [-0.25, -0.2) is 0 Å². The number of nitrogens with zero attached hydrogens (tertiary/aromatic N) is 3. The first-order chi connectivity index (χ1) is 2.41. The van der Waals surface area contributed by atoms with Crippen molar-refractivity contribution in [1.82, 2.24) is 0 Å². The van der Waals surface area contributed by atoms with E-state index in [9.17, 15) is 3.80 Å². The summed E-state index contributed by atoms with van der Waals surface area (Å²) in [6.45, 7) is 0. The van der Waals surface area contributed by atoms with Gasteiger partial charge in [-0.1, -0.05) is 0 Å². The van der Waals surface area contributed by atoms with Crippen molar-refractivity contribution in [2.45, 2.75) is 0 Å². The van der Waals surface area contributed by atoms with Crippen LogP contribution >= 0.6 is 0 Å². The molecule has 0 aliphatic heterocycles. The second kappa shape index (κ2) is 3.64. The maximum absolute atomic E-state index is 9.19. The van der Waals surface area contributed by atoms with Crippen LogP contribution < -0.4 is 0 Å². The summed E-state index contributed by atoms with van der Waals surface area (Å²) in [5, 5.41) is 0. The van der Waals surface area contributed by atoms with E-state index < -0.39 is 15.4 Å². The van der Waals surface area contributed by atoms with E-state index in [2.05, 4.69) is 9.01 Å². The van der Waals surface area contributed by atoms with Crippen molar-refractivity contribution in [3.8, 4) is 0 Å². The second-order valence-electron chi connectivity index (χ2n) is 0.310. The quantitative estimate of drug-likeness (QED) is 0.195. The third-order valence-corrected chi connectivity index (χ3v) is 0.296. The van der Waals surface area contributed by atoms with Gasteiger partial charge in [-0.2, -0.15) is 0 Å².